The first-order chi connectivity index (χ1) is 13.9. The number of nitrogens with one attached hydrogen (secondary N) is 3. The molecular formula is C20H23N5O4. The average Bonchev–Trinajstić information content (AvgIpc) is 2.72. The number of ether oxygens (including phenoxy) is 1. The Morgan fingerprint density at radius 1 is 0.897 bits per heavy atom. The molecule has 152 valence electrons. The summed E-state index contributed by atoms with van der Waals surface area (Å²) in [7, 11) is 0. The van der Waals surface area contributed by atoms with Crippen LogP contribution in [0.1, 0.15) is 40.7 Å². The Bertz CT molecular complexity index is 896. The van der Waals surface area contributed by atoms with Gasteiger partial charge in [-0.05, 0) is 37.1 Å². The molecule has 9 nitrogen and oxygen atoms in total. The van der Waals surface area contributed by atoms with Crippen LogP contribution in [0.15, 0.2) is 48.5 Å². The largest absolute Gasteiger partial charge is 0.494 e. The molecule has 2 aromatic rings. The van der Waals surface area contributed by atoms with Gasteiger partial charge >= 0.3 is 5.97 Å². The van der Waals surface area contributed by atoms with E-state index in [1.807, 2.05) is 0 Å². The number of hydrogen-bond acceptors (Lipinski definition) is 6. The number of carbonyl (C=O) groups is 2. The lowest BCUT2D eigenvalue weighted by Gasteiger charge is -2.08. The third-order valence-electron chi connectivity index (χ3n) is 3.90. The highest BCUT2D eigenvalue weighted by Gasteiger charge is 2.10. The first kappa shape index (κ1) is 21.4. The molecular weight excluding hydrogens is 374 g/mol. The zero-order valence-electron chi connectivity index (χ0n) is 15.7. The van der Waals surface area contributed by atoms with E-state index in [1.54, 1.807) is 24.3 Å². The Kier molecular flexibility index (Phi) is 7.72. The molecule has 0 aliphatic heterocycles. The van der Waals surface area contributed by atoms with Gasteiger partial charge < -0.3 is 21.0 Å². The van der Waals surface area contributed by atoms with Gasteiger partial charge in [0.15, 0.2) is 0 Å². The molecule has 0 aliphatic carbocycles. The number of rotatable bonds is 9. The summed E-state index contributed by atoms with van der Waals surface area (Å²) in [6.45, 7) is 0.392. The van der Waals surface area contributed by atoms with Crippen LogP contribution in [0.25, 0.3) is 0 Å². The fourth-order valence-corrected chi connectivity index (χ4v) is 2.33. The van der Waals surface area contributed by atoms with Gasteiger partial charge in [0.2, 0.25) is 0 Å². The van der Waals surface area contributed by atoms with Gasteiger partial charge in [0.1, 0.15) is 17.4 Å². The molecule has 0 spiro atoms. The summed E-state index contributed by atoms with van der Waals surface area (Å²) in [5.74, 6) is -0.656. The number of hydroxylamine groups is 1. The lowest BCUT2D eigenvalue weighted by molar-refractivity contribution is -0.149. The average molecular weight is 397 g/mol. The van der Waals surface area contributed by atoms with Crippen LogP contribution in [0, 0.1) is 10.8 Å². The highest BCUT2D eigenvalue weighted by Crippen LogP contribution is 2.13. The third-order valence-corrected chi connectivity index (χ3v) is 3.90. The summed E-state index contributed by atoms with van der Waals surface area (Å²) < 4.78 is 5.56. The Morgan fingerprint density at radius 2 is 1.55 bits per heavy atom. The monoisotopic (exact) mass is 397 g/mol. The van der Waals surface area contributed by atoms with E-state index in [2.05, 4.69) is 5.48 Å². The minimum absolute atomic E-state index is 0.0324. The van der Waals surface area contributed by atoms with Gasteiger partial charge in [-0.15, -0.1) is 0 Å². The van der Waals surface area contributed by atoms with E-state index in [-0.39, 0.29) is 23.7 Å². The van der Waals surface area contributed by atoms with Crippen LogP contribution in [0.4, 0.5) is 0 Å². The summed E-state index contributed by atoms with van der Waals surface area (Å²) in [6, 6.07) is 12.9. The van der Waals surface area contributed by atoms with Crippen molar-refractivity contribution in [1.29, 1.82) is 10.8 Å². The van der Waals surface area contributed by atoms with Crippen molar-refractivity contribution in [3.05, 3.63) is 65.2 Å². The predicted molar refractivity (Wildman–Crippen MR) is 108 cm³/mol. The van der Waals surface area contributed by atoms with Gasteiger partial charge in [0, 0.05) is 23.1 Å². The molecule has 0 heterocycles. The molecule has 0 aromatic heterocycles. The van der Waals surface area contributed by atoms with Gasteiger partial charge in [-0.25, -0.2) is 4.79 Å². The SMILES string of the molecule is N=C(N)c1ccc(C(=O)NOC(=O)CCCCOc2cccc(C(=N)N)c2)cc1. The normalized spacial score (nSPS) is 10.1. The van der Waals surface area contributed by atoms with E-state index < -0.39 is 11.9 Å². The van der Waals surface area contributed by atoms with E-state index >= 15 is 0 Å². The van der Waals surface area contributed by atoms with Gasteiger partial charge in [-0.1, -0.05) is 24.3 Å². The smallest absolute Gasteiger partial charge is 0.332 e. The molecule has 0 aliphatic rings. The maximum absolute atomic E-state index is 11.9. The van der Waals surface area contributed by atoms with Crippen molar-refractivity contribution >= 4 is 23.5 Å². The van der Waals surface area contributed by atoms with Gasteiger partial charge in [-0.2, -0.15) is 5.48 Å². The Labute approximate surface area is 168 Å². The Hall–Kier alpha value is -3.88. The van der Waals surface area contributed by atoms with Crippen LogP contribution in [0.5, 0.6) is 5.75 Å². The molecule has 0 atom stereocenters. The number of amidine groups is 2. The van der Waals surface area contributed by atoms with E-state index in [9.17, 15) is 9.59 Å². The van der Waals surface area contributed by atoms with Crippen molar-refractivity contribution in [2.75, 3.05) is 6.61 Å². The molecule has 7 N–H and O–H groups in total. The van der Waals surface area contributed by atoms with E-state index in [0.29, 0.717) is 36.3 Å². The number of amides is 1. The second-order valence-electron chi connectivity index (χ2n) is 6.14. The van der Waals surface area contributed by atoms with Crippen molar-refractivity contribution in [2.24, 2.45) is 11.5 Å². The zero-order chi connectivity index (χ0) is 21.2. The van der Waals surface area contributed by atoms with Crippen LogP contribution in [-0.2, 0) is 9.63 Å². The quantitative estimate of drug-likeness (QED) is 0.187. The molecule has 9 heteroatoms. The molecule has 0 saturated heterocycles. The van der Waals surface area contributed by atoms with Crippen LogP contribution < -0.4 is 21.7 Å². The van der Waals surface area contributed by atoms with Gasteiger partial charge in [-0.3, -0.25) is 15.6 Å². The Balaban J connectivity index is 1.64. The summed E-state index contributed by atoms with van der Waals surface area (Å²) in [4.78, 5) is 28.4. The second kappa shape index (κ2) is 10.5. The van der Waals surface area contributed by atoms with Gasteiger partial charge in [0.05, 0.1) is 6.61 Å². The maximum atomic E-state index is 11.9. The van der Waals surface area contributed by atoms with E-state index in [4.69, 9.17) is 31.9 Å². The third kappa shape index (κ3) is 6.98. The van der Waals surface area contributed by atoms with Crippen molar-refractivity contribution < 1.29 is 19.2 Å². The summed E-state index contributed by atoms with van der Waals surface area (Å²) in [5.41, 5.74) is 14.2. The number of benzene rings is 2. The predicted octanol–water partition coefficient (Wildman–Crippen LogP) is 1.69. The molecule has 0 radical (unpaired) electrons. The van der Waals surface area contributed by atoms with Crippen molar-refractivity contribution in [3.63, 3.8) is 0 Å². The molecule has 0 bridgehead atoms. The van der Waals surface area contributed by atoms with E-state index in [0.717, 1.165) is 0 Å². The molecule has 0 saturated carbocycles. The van der Waals surface area contributed by atoms with Crippen LogP contribution in [-0.4, -0.2) is 30.2 Å². The first-order valence-electron chi connectivity index (χ1n) is 8.88. The van der Waals surface area contributed by atoms with Crippen LogP contribution >= 0.6 is 0 Å². The second-order valence-corrected chi connectivity index (χ2v) is 6.14. The number of carbonyl (C=O) groups excluding carboxylic acids is 2. The summed E-state index contributed by atoms with van der Waals surface area (Å²) >= 11 is 0. The van der Waals surface area contributed by atoms with Crippen LogP contribution in [0.3, 0.4) is 0 Å². The van der Waals surface area contributed by atoms with E-state index in [1.165, 1.54) is 24.3 Å². The maximum Gasteiger partial charge on any atom is 0.332 e. The number of hydrogen-bond donors (Lipinski definition) is 5. The van der Waals surface area contributed by atoms with Crippen molar-refractivity contribution in [1.82, 2.24) is 5.48 Å². The topological polar surface area (TPSA) is 164 Å². The highest BCUT2D eigenvalue weighted by molar-refractivity contribution is 5.98. The molecule has 0 unspecified atom stereocenters. The first-order valence-corrected chi connectivity index (χ1v) is 8.88. The number of nitrogen functional groups attached to an aromatic ring is 2. The minimum Gasteiger partial charge on any atom is -0.494 e. The lowest BCUT2D eigenvalue weighted by Crippen LogP contribution is -2.27. The molecule has 29 heavy (non-hydrogen) atoms. The molecule has 2 rings (SSSR count). The fourth-order valence-electron chi connectivity index (χ4n) is 2.33. The fraction of sp³-hybridized carbons (Fsp3) is 0.200. The molecule has 2 aromatic carbocycles. The molecule has 0 fully saturated rings. The summed E-state index contributed by atoms with van der Waals surface area (Å²) in [5, 5.41) is 14.7. The molecule has 1 amide bonds. The number of nitrogens with two attached hydrogens (primary N) is 2. The van der Waals surface area contributed by atoms with Gasteiger partial charge in [0.25, 0.3) is 5.91 Å². The number of unbranched alkanes of at least 4 members (excludes halogenated alkanes) is 1. The highest BCUT2D eigenvalue weighted by atomic mass is 16.7. The van der Waals surface area contributed by atoms with Crippen molar-refractivity contribution in [2.45, 2.75) is 19.3 Å². The van der Waals surface area contributed by atoms with Crippen LogP contribution in [0.2, 0.25) is 0 Å². The standard InChI is InChI=1S/C20H23N5O4/c21-18(22)13-7-9-14(10-8-13)20(27)25-29-17(26)6-1-2-11-28-16-5-3-4-15(12-16)19(23)24/h3-5,7-10,12H,1-2,6,11H2,(H3,21,22)(H3,23,24)(H,25,27). The van der Waals surface area contributed by atoms with Crippen molar-refractivity contribution in [3.8, 4) is 5.75 Å². The Morgan fingerprint density at radius 3 is 2.21 bits per heavy atom. The minimum atomic E-state index is -0.567. The zero-order valence-corrected chi connectivity index (χ0v) is 15.7. The lowest BCUT2D eigenvalue weighted by atomic mass is 10.1. The summed E-state index contributed by atoms with van der Waals surface area (Å²) in [6.07, 6.45) is 1.26.